The molecular weight excluding hydrogens is 310 g/mol. The van der Waals surface area contributed by atoms with Crippen molar-refractivity contribution >= 4 is 23.1 Å². The molecule has 0 fully saturated rings. The standard InChI is InChI=1S/C20H19N5/c1-13-8-9-17(10-14(13)2)23-20-22-15(3)11-19(25-20)24-18-7-5-4-6-16(18)12-21/h4-11H,1-3H3,(H2,22,23,24,25). The molecule has 0 aliphatic rings. The van der Waals surface area contributed by atoms with E-state index in [1.54, 1.807) is 6.07 Å². The van der Waals surface area contributed by atoms with Gasteiger partial charge in [-0.2, -0.15) is 10.2 Å². The van der Waals surface area contributed by atoms with E-state index in [0.717, 1.165) is 17.1 Å². The molecular formula is C20H19N5. The zero-order valence-corrected chi connectivity index (χ0v) is 14.5. The largest absolute Gasteiger partial charge is 0.339 e. The fourth-order valence-electron chi connectivity index (χ4n) is 2.46. The van der Waals surface area contributed by atoms with E-state index < -0.39 is 0 Å². The molecule has 3 aromatic rings. The number of nitrogens with one attached hydrogen (secondary N) is 2. The Morgan fingerprint density at radius 1 is 0.880 bits per heavy atom. The maximum Gasteiger partial charge on any atom is 0.229 e. The number of benzene rings is 2. The molecule has 0 aliphatic carbocycles. The van der Waals surface area contributed by atoms with Crippen molar-refractivity contribution in [2.45, 2.75) is 20.8 Å². The van der Waals surface area contributed by atoms with Gasteiger partial charge in [-0.05, 0) is 56.2 Å². The van der Waals surface area contributed by atoms with Crippen LogP contribution in [-0.4, -0.2) is 9.97 Å². The molecule has 25 heavy (non-hydrogen) atoms. The number of anilines is 4. The Hall–Kier alpha value is -3.39. The third-order valence-corrected chi connectivity index (χ3v) is 3.93. The van der Waals surface area contributed by atoms with E-state index in [9.17, 15) is 5.26 Å². The maximum absolute atomic E-state index is 9.21. The van der Waals surface area contributed by atoms with Crippen molar-refractivity contribution in [2.24, 2.45) is 0 Å². The maximum atomic E-state index is 9.21. The zero-order chi connectivity index (χ0) is 17.8. The summed E-state index contributed by atoms with van der Waals surface area (Å²) in [4.78, 5) is 8.95. The lowest BCUT2D eigenvalue weighted by Gasteiger charge is -2.11. The van der Waals surface area contributed by atoms with Gasteiger partial charge in [0.05, 0.1) is 11.3 Å². The van der Waals surface area contributed by atoms with Crippen LogP contribution in [0, 0.1) is 32.1 Å². The highest BCUT2D eigenvalue weighted by molar-refractivity contribution is 5.66. The molecule has 0 atom stereocenters. The average molecular weight is 329 g/mol. The molecule has 5 nitrogen and oxygen atoms in total. The normalized spacial score (nSPS) is 10.2. The summed E-state index contributed by atoms with van der Waals surface area (Å²) in [5.41, 5.74) is 5.52. The highest BCUT2D eigenvalue weighted by Gasteiger charge is 2.06. The van der Waals surface area contributed by atoms with E-state index in [0.29, 0.717) is 17.3 Å². The van der Waals surface area contributed by atoms with E-state index >= 15 is 0 Å². The summed E-state index contributed by atoms with van der Waals surface area (Å²) in [7, 11) is 0. The van der Waals surface area contributed by atoms with Crippen molar-refractivity contribution in [2.75, 3.05) is 10.6 Å². The summed E-state index contributed by atoms with van der Waals surface area (Å²) < 4.78 is 0. The number of nitrogens with zero attached hydrogens (tertiary/aromatic N) is 3. The predicted octanol–water partition coefficient (Wildman–Crippen LogP) is 4.76. The number of hydrogen-bond donors (Lipinski definition) is 2. The van der Waals surface area contributed by atoms with Gasteiger partial charge in [0.1, 0.15) is 11.9 Å². The van der Waals surface area contributed by atoms with E-state index in [1.807, 2.05) is 37.3 Å². The van der Waals surface area contributed by atoms with Gasteiger partial charge in [0.2, 0.25) is 5.95 Å². The molecule has 0 spiro atoms. The monoisotopic (exact) mass is 329 g/mol. The Labute approximate surface area is 147 Å². The van der Waals surface area contributed by atoms with Crippen LogP contribution in [0.15, 0.2) is 48.5 Å². The van der Waals surface area contributed by atoms with Crippen molar-refractivity contribution in [3.8, 4) is 6.07 Å². The summed E-state index contributed by atoms with van der Waals surface area (Å²) in [6.45, 7) is 6.06. The minimum Gasteiger partial charge on any atom is -0.339 e. The quantitative estimate of drug-likeness (QED) is 0.722. The molecule has 2 aromatic carbocycles. The molecule has 0 bridgehead atoms. The highest BCUT2D eigenvalue weighted by Crippen LogP contribution is 2.22. The summed E-state index contributed by atoms with van der Waals surface area (Å²) in [5.74, 6) is 1.15. The van der Waals surface area contributed by atoms with Gasteiger partial charge in [0.25, 0.3) is 0 Å². The van der Waals surface area contributed by atoms with Crippen LogP contribution in [0.25, 0.3) is 0 Å². The fraction of sp³-hybridized carbons (Fsp3) is 0.150. The molecule has 5 heteroatoms. The second kappa shape index (κ2) is 7.02. The van der Waals surface area contributed by atoms with Gasteiger partial charge in [-0.3, -0.25) is 0 Å². The van der Waals surface area contributed by atoms with Crippen LogP contribution in [0.5, 0.6) is 0 Å². The van der Waals surface area contributed by atoms with Gasteiger partial charge in [-0.15, -0.1) is 0 Å². The summed E-state index contributed by atoms with van der Waals surface area (Å²) >= 11 is 0. The van der Waals surface area contributed by atoms with Crippen molar-refractivity contribution in [3.63, 3.8) is 0 Å². The summed E-state index contributed by atoms with van der Waals surface area (Å²) in [6, 6.07) is 17.5. The molecule has 3 rings (SSSR count). The third kappa shape index (κ3) is 3.93. The molecule has 0 amide bonds. The van der Waals surface area contributed by atoms with Crippen molar-refractivity contribution in [1.29, 1.82) is 5.26 Å². The number of para-hydroxylation sites is 1. The van der Waals surface area contributed by atoms with Crippen LogP contribution in [0.1, 0.15) is 22.4 Å². The lowest BCUT2D eigenvalue weighted by molar-refractivity contribution is 1.11. The summed E-state index contributed by atoms with van der Waals surface area (Å²) in [6.07, 6.45) is 0. The summed E-state index contributed by atoms with van der Waals surface area (Å²) in [5, 5.41) is 15.7. The molecule has 124 valence electrons. The van der Waals surface area contributed by atoms with Gasteiger partial charge in [-0.1, -0.05) is 18.2 Å². The first-order valence-electron chi connectivity index (χ1n) is 8.01. The van der Waals surface area contributed by atoms with Crippen molar-refractivity contribution in [1.82, 2.24) is 9.97 Å². The Morgan fingerprint density at radius 2 is 1.68 bits per heavy atom. The second-order valence-electron chi connectivity index (χ2n) is 5.92. The Balaban J connectivity index is 1.88. The first kappa shape index (κ1) is 16.5. The number of nitriles is 1. The number of aryl methyl sites for hydroxylation is 3. The average Bonchev–Trinajstić information content (AvgIpc) is 2.58. The van der Waals surface area contributed by atoms with E-state index in [-0.39, 0.29) is 0 Å². The molecule has 0 unspecified atom stereocenters. The molecule has 0 radical (unpaired) electrons. The molecule has 1 heterocycles. The van der Waals surface area contributed by atoms with Crippen LogP contribution in [0.4, 0.5) is 23.1 Å². The Morgan fingerprint density at radius 3 is 2.44 bits per heavy atom. The van der Waals surface area contributed by atoms with Gasteiger partial charge in [-0.25, -0.2) is 4.98 Å². The SMILES string of the molecule is Cc1cc(Nc2ccccc2C#N)nc(Nc2ccc(C)c(C)c2)n1. The smallest absolute Gasteiger partial charge is 0.229 e. The van der Waals surface area contributed by atoms with E-state index in [4.69, 9.17) is 0 Å². The van der Waals surface area contributed by atoms with E-state index in [1.165, 1.54) is 11.1 Å². The van der Waals surface area contributed by atoms with Crippen molar-refractivity contribution < 1.29 is 0 Å². The van der Waals surface area contributed by atoms with E-state index in [2.05, 4.69) is 52.7 Å². The number of hydrogen-bond acceptors (Lipinski definition) is 5. The lowest BCUT2D eigenvalue weighted by Crippen LogP contribution is -2.03. The van der Waals surface area contributed by atoms with Crippen molar-refractivity contribution in [3.05, 3.63) is 70.9 Å². The van der Waals surface area contributed by atoms with Crippen LogP contribution in [0.2, 0.25) is 0 Å². The highest BCUT2D eigenvalue weighted by atomic mass is 15.1. The van der Waals surface area contributed by atoms with Gasteiger partial charge in [0.15, 0.2) is 0 Å². The second-order valence-corrected chi connectivity index (χ2v) is 5.92. The first-order valence-corrected chi connectivity index (χ1v) is 8.01. The van der Waals surface area contributed by atoms with Crippen LogP contribution < -0.4 is 10.6 Å². The number of rotatable bonds is 4. The van der Waals surface area contributed by atoms with Crippen LogP contribution in [-0.2, 0) is 0 Å². The zero-order valence-electron chi connectivity index (χ0n) is 14.5. The molecule has 0 saturated carbocycles. The topological polar surface area (TPSA) is 73.6 Å². The van der Waals surface area contributed by atoms with Gasteiger partial charge in [0, 0.05) is 17.4 Å². The minimum atomic E-state index is 0.514. The first-order chi connectivity index (χ1) is 12.0. The fourth-order valence-corrected chi connectivity index (χ4v) is 2.46. The Bertz CT molecular complexity index is 957. The lowest BCUT2D eigenvalue weighted by atomic mass is 10.1. The van der Waals surface area contributed by atoms with Crippen LogP contribution >= 0.6 is 0 Å². The van der Waals surface area contributed by atoms with Crippen LogP contribution in [0.3, 0.4) is 0 Å². The molecule has 0 saturated heterocycles. The third-order valence-electron chi connectivity index (χ3n) is 3.93. The minimum absolute atomic E-state index is 0.514. The molecule has 0 aliphatic heterocycles. The Kier molecular flexibility index (Phi) is 4.62. The molecule has 1 aromatic heterocycles. The number of aromatic nitrogens is 2. The van der Waals surface area contributed by atoms with Gasteiger partial charge < -0.3 is 10.6 Å². The van der Waals surface area contributed by atoms with Gasteiger partial charge >= 0.3 is 0 Å². The molecule has 2 N–H and O–H groups in total. The predicted molar refractivity (Wildman–Crippen MR) is 100 cm³/mol.